The molecular weight excluding hydrogens is 422 g/mol. The highest BCUT2D eigenvalue weighted by Gasteiger charge is 2.29. The predicted molar refractivity (Wildman–Crippen MR) is 124 cm³/mol. The van der Waals surface area contributed by atoms with E-state index in [9.17, 15) is 13.2 Å². The molecule has 3 aromatic rings. The van der Waals surface area contributed by atoms with Crippen molar-refractivity contribution in [1.82, 2.24) is 14.6 Å². The largest absolute Gasteiger partial charge is 0.356 e. The third-order valence-electron chi connectivity index (χ3n) is 5.86. The fraction of sp³-hybridized carbons (Fsp3) is 0.280. The van der Waals surface area contributed by atoms with Crippen LogP contribution < -0.4 is 5.32 Å². The Labute approximate surface area is 189 Å². The highest BCUT2D eigenvalue weighted by Crippen LogP contribution is 2.23. The standard InChI is InChI=1S/C25H27N3O3S/c29-25(17-20-8-10-23(11-9-20)22-5-2-1-3-6-22)27-18-21-12-15-28(16-13-21)32(30,31)24-7-4-14-26-19-24/h1-11,14,19,21H,12-13,15-18H2,(H,27,29). The molecule has 4 rings (SSSR count). The zero-order valence-electron chi connectivity index (χ0n) is 17.9. The van der Waals surface area contributed by atoms with E-state index in [1.807, 2.05) is 42.5 Å². The smallest absolute Gasteiger partial charge is 0.244 e. The summed E-state index contributed by atoms with van der Waals surface area (Å²) in [6.07, 6.45) is 4.74. The van der Waals surface area contributed by atoms with Crippen LogP contribution in [0.3, 0.4) is 0 Å². The van der Waals surface area contributed by atoms with Gasteiger partial charge in [-0.15, -0.1) is 0 Å². The first-order chi connectivity index (χ1) is 15.5. The number of hydrogen-bond acceptors (Lipinski definition) is 4. The first-order valence-corrected chi connectivity index (χ1v) is 12.3. The lowest BCUT2D eigenvalue weighted by Crippen LogP contribution is -2.41. The number of benzene rings is 2. The molecule has 1 amide bonds. The fourth-order valence-corrected chi connectivity index (χ4v) is 5.39. The van der Waals surface area contributed by atoms with Crippen molar-refractivity contribution in [3.63, 3.8) is 0 Å². The molecular formula is C25H27N3O3S. The maximum atomic E-state index is 12.7. The molecule has 2 heterocycles. The molecule has 0 radical (unpaired) electrons. The Kier molecular flexibility index (Phi) is 6.97. The van der Waals surface area contributed by atoms with Gasteiger partial charge < -0.3 is 5.32 Å². The van der Waals surface area contributed by atoms with Gasteiger partial charge in [0.05, 0.1) is 6.42 Å². The Balaban J connectivity index is 1.23. The molecule has 1 N–H and O–H groups in total. The molecule has 0 atom stereocenters. The van der Waals surface area contributed by atoms with Crippen LogP contribution in [0.25, 0.3) is 11.1 Å². The number of pyridine rings is 1. The molecule has 2 aromatic carbocycles. The average molecular weight is 450 g/mol. The molecule has 0 aliphatic carbocycles. The predicted octanol–water partition coefficient (Wildman–Crippen LogP) is 3.51. The van der Waals surface area contributed by atoms with Crippen molar-refractivity contribution in [3.05, 3.63) is 84.7 Å². The minimum Gasteiger partial charge on any atom is -0.356 e. The van der Waals surface area contributed by atoms with Crippen LogP contribution in [0.2, 0.25) is 0 Å². The summed E-state index contributed by atoms with van der Waals surface area (Å²) in [5, 5.41) is 3.02. The van der Waals surface area contributed by atoms with Crippen LogP contribution in [0.1, 0.15) is 18.4 Å². The topological polar surface area (TPSA) is 79.4 Å². The number of aromatic nitrogens is 1. The first-order valence-electron chi connectivity index (χ1n) is 10.8. The van der Waals surface area contributed by atoms with Crippen molar-refractivity contribution in [1.29, 1.82) is 0 Å². The third kappa shape index (κ3) is 5.41. The monoisotopic (exact) mass is 449 g/mol. The lowest BCUT2D eigenvalue weighted by molar-refractivity contribution is -0.120. The van der Waals surface area contributed by atoms with Gasteiger partial charge >= 0.3 is 0 Å². The van der Waals surface area contributed by atoms with Gasteiger partial charge in [0.25, 0.3) is 0 Å². The highest BCUT2D eigenvalue weighted by atomic mass is 32.2. The molecule has 6 nitrogen and oxygen atoms in total. The molecule has 1 fully saturated rings. The molecule has 1 aromatic heterocycles. The van der Waals surface area contributed by atoms with Gasteiger partial charge in [-0.1, -0.05) is 54.6 Å². The van der Waals surface area contributed by atoms with E-state index in [-0.39, 0.29) is 16.7 Å². The number of amides is 1. The molecule has 0 saturated carbocycles. The number of rotatable bonds is 7. The summed E-state index contributed by atoms with van der Waals surface area (Å²) in [4.78, 5) is 16.5. The first kappa shape index (κ1) is 22.2. The van der Waals surface area contributed by atoms with E-state index in [1.54, 1.807) is 18.3 Å². The van der Waals surface area contributed by atoms with Gasteiger partial charge in [0.1, 0.15) is 4.90 Å². The van der Waals surface area contributed by atoms with Crippen LogP contribution in [-0.4, -0.2) is 43.2 Å². The van der Waals surface area contributed by atoms with Crippen molar-refractivity contribution < 1.29 is 13.2 Å². The van der Waals surface area contributed by atoms with E-state index >= 15 is 0 Å². The van der Waals surface area contributed by atoms with Crippen LogP contribution in [0.4, 0.5) is 0 Å². The Hall–Kier alpha value is -3.03. The number of sulfonamides is 1. The number of nitrogens with zero attached hydrogens (tertiary/aromatic N) is 2. The number of carbonyl (C=O) groups excluding carboxylic acids is 1. The average Bonchev–Trinajstić information content (AvgIpc) is 2.84. The Morgan fingerprint density at radius 2 is 1.62 bits per heavy atom. The van der Waals surface area contributed by atoms with Gasteiger partial charge in [-0.3, -0.25) is 9.78 Å². The SMILES string of the molecule is O=C(Cc1ccc(-c2ccccc2)cc1)NCC1CCN(S(=O)(=O)c2cccnc2)CC1. The van der Waals surface area contributed by atoms with Gasteiger partial charge in [0, 0.05) is 32.0 Å². The Morgan fingerprint density at radius 1 is 0.938 bits per heavy atom. The number of nitrogens with one attached hydrogen (secondary N) is 1. The number of hydrogen-bond donors (Lipinski definition) is 1. The molecule has 0 spiro atoms. The number of carbonyl (C=O) groups is 1. The fourth-order valence-electron chi connectivity index (χ4n) is 3.95. The molecule has 7 heteroatoms. The van der Waals surface area contributed by atoms with E-state index in [0.717, 1.165) is 29.5 Å². The van der Waals surface area contributed by atoms with Crippen LogP contribution >= 0.6 is 0 Å². The Bertz CT molecular complexity index is 1130. The van der Waals surface area contributed by atoms with Gasteiger partial charge in [0.15, 0.2) is 0 Å². The summed E-state index contributed by atoms with van der Waals surface area (Å²) < 4.78 is 26.9. The summed E-state index contributed by atoms with van der Waals surface area (Å²) in [5.41, 5.74) is 3.25. The summed E-state index contributed by atoms with van der Waals surface area (Å²) in [6.45, 7) is 1.49. The summed E-state index contributed by atoms with van der Waals surface area (Å²) in [6, 6.07) is 21.4. The van der Waals surface area contributed by atoms with E-state index < -0.39 is 10.0 Å². The molecule has 1 aliphatic rings. The van der Waals surface area contributed by atoms with Crippen LogP contribution in [-0.2, 0) is 21.2 Å². The molecule has 32 heavy (non-hydrogen) atoms. The van der Waals surface area contributed by atoms with Crippen molar-refractivity contribution in [2.75, 3.05) is 19.6 Å². The second-order valence-electron chi connectivity index (χ2n) is 8.08. The summed E-state index contributed by atoms with van der Waals surface area (Å²) in [5.74, 6) is 0.266. The van der Waals surface area contributed by atoms with Crippen molar-refractivity contribution in [2.24, 2.45) is 5.92 Å². The Morgan fingerprint density at radius 3 is 2.28 bits per heavy atom. The molecule has 166 valence electrons. The lowest BCUT2D eigenvalue weighted by Gasteiger charge is -2.31. The molecule has 0 unspecified atom stereocenters. The molecule has 1 saturated heterocycles. The molecule has 1 aliphatic heterocycles. The van der Waals surface area contributed by atoms with E-state index in [0.29, 0.717) is 26.1 Å². The lowest BCUT2D eigenvalue weighted by atomic mass is 9.98. The maximum absolute atomic E-state index is 12.7. The third-order valence-corrected chi connectivity index (χ3v) is 7.74. The second-order valence-corrected chi connectivity index (χ2v) is 10.0. The minimum absolute atomic E-state index is 0.0112. The van der Waals surface area contributed by atoms with Crippen LogP contribution in [0.5, 0.6) is 0 Å². The van der Waals surface area contributed by atoms with E-state index in [4.69, 9.17) is 0 Å². The van der Waals surface area contributed by atoms with Crippen molar-refractivity contribution in [2.45, 2.75) is 24.2 Å². The molecule has 0 bridgehead atoms. The van der Waals surface area contributed by atoms with Gasteiger partial charge in [-0.25, -0.2) is 8.42 Å². The summed E-state index contributed by atoms with van der Waals surface area (Å²) in [7, 11) is -3.50. The second kappa shape index (κ2) is 10.1. The van der Waals surface area contributed by atoms with Gasteiger partial charge in [-0.05, 0) is 47.6 Å². The van der Waals surface area contributed by atoms with Gasteiger partial charge in [0.2, 0.25) is 15.9 Å². The van der Waals surface area contributed by atoms with Crippen molar-refractivity contribution in [3.8, 4) is 11.1 Å². The van der Waals surface area contributed by atoms with E-state index in [2.05, 4.69) is 22.4 Å². The van der Waals surface area contributed by atoms with E-state index in [1.165, 1.54) is 10.5 Å². The normalized spacial score (nSPS) is 15.4. The quantitative estimate of drug-likeness (QED) is 0.599. The zero-order chi connectivity index (χ0) is 22.4. The maximum Gasteiger partial charge on any atom is 0.244 e. The van der Waals surface area contributed by atoms with Crippen LogP contribution in [0, 0.1) is 5.92 Å². The summed E-state index contributed by atoms with van der Waals surface area (Å²) >= 11 is 0. The number of piperidine rings is 1. The zero-order valence-corrected chi connectivity index (χ0v) is 18.7. The highest BCUT2D eigenvalue weighted by molar-refractivity contribution is 7.89. The van der Waals surface area contributed by atoms with Crippen molar-refractivity contribution >= 4 is 15.9 Å². The van der Waals surface area contributed by atoms with Crippen LogP contribution in [0.15, 0.2) is 84.0 Å². The van der Waals surface area contributed by atoms with Gasteiger partial charge in [-0.2, -0.15) is 4.31 Å². The minimum atomic E-state index is -3.50.